The molecular formula is C23H25ClFN5O3. The van der Waals surface area contributed by atoms with Crippen molar-refractivity contribution in [3.63, 3.8) is 0 Å². The molecule has 2 fully saturated rings. The van der Waals surface area contributed by atoms with Crippen LogP contribution in [0.1, 0.15) is 12.8 Å². The lowest BCUT2D eigenvalue weighted by atomic mass is 10.1. The summed E-state index contributed by atoms with van der Waals surface area (Å²) in [5.41, 5.74) is 2.26. The molecule has 0 spiro atoms. The van der Waals surface area contributed by atoms with Gasteiger partial charge in [0.2, 0.25) is 5.91 Å². The van der Waals surface area contributed by atoms with E-state index in [2.05, 4.69) is 4.90 Å². The fourth-order valence-corrected chi connectivity index (χ4v) is 4.93. The number of nitro benzene ring substituents is 1. The summed E-state index contributed by atoms with van der Waals surface area (Å²) in [6, 6.07) is 9.93. The Bertz CT molecular complexity index is 1090. The first-order chi connectivity index (χ1) is 15.9. The minimum absolute atomic E-state index is 0.00963. The highest BCUT2D eigenvalue weighted by molar-refractivity contribution is 6.30. The maximum atomic E-state index is 13.9. The number of piperazine rings is 1. The topological polar surface area (TPSA) is 73.2 Å². The zero-order valence-electron chi connectivity index (χ0n) is 18.1. The Morgan fingerprint density at radius 3 is 2.42 bits per heavy atom. The van der Waals surface area contributed by atoms with Gasteiger partial charge in [-0.15, -0.1) is 0 Å². The number of carbonyl (C=O) groups is 1. The van der Waals surface area contributed by atoms with Crippen LogP contribution < -0.4 is 14.7 Å². The lowest BCUT2D eigenvalue weighted by Gasteiger charge is -2.41. The molecule has 1 amide bonds. The van der Waals surface area contributed by atoms with Gasteiger partial charge in [-0.3, -0.25) is 14.9 Å². The van der Waals surface area contributed by atoms with Crippen LogP contribution in [0.4, 0.5) is 27.1 Å². The van der Waals surface area contributed by atoms with Crippen LogP contribution >= 0.6 is 11.6 Å². The Balaban J connectivity index is 1.24. The molecule has 2 aliphatic heterocycles. The first kappa shape index (κ1) is 21.8. The summed E-state index contributed by atoms with van der Waals surface area (Å²) in [7, 11) is 0. The van der Waals surface area contributed by atoms with Gasteiger partial charge in [-0.1, -0.05) is 11.6 Å². The molecule has 0 bridgehead atoms. The minimum Gasteiger partial charge on any atom is -0.365 e. The Labute approximate surface area is 196 Å². The first-order valence-electron chi connectivity index (χ1n) is 11.2. The van der Waals surface area contributed by atoms with Gasteiger partial charge in [-0.05, 0) is 43.2 Å². The molecule has 174 valence electrons. The maximum Gasteiger partial charge on any atom is 0.294 e. The Morgan fingerprint density at radius 1 is 1.00 bits per heavy atom. The fourth-order valence-electron chi connectivity index (χ4n) is 4.76. The largest absolute Gasteiger partial charge is 0.365 e. The van der Waals surface area contributed by atoms with Crippen LogP contribution in [0.25, 0.3) is 0 Å². The molecule has 0 aromatic heterocycles. The second-order valence-electron chi connectivity index (χ2n) is 8.74. The van der Waals surface area contributed by atoms with Crippen molar-refractivity contribution < 1.29 is 14.1 Å². The first-order valence-corrected chi connectivity index (χ1v) is 11.6. The normalized spacial score (nSPS) is 18.4. The average Bonchev–Trinajstić information content (AvgIpc) is 3.64. The van der Waals surface area contributed by atoms with Crippen molar-refractivity contribution in [1.82, 2.24) is 4.90 Å². The van der Waals surface area contributed by atoms with Crippen LogP contribution in [0.2, 0.25) is 5.02 Å². The van der Waals surface area contributed by atoms with Crippen LogP contribution in [0.5, 0.6) is 0 Å². The van der Waals surface area contributed by atoms with Crippen molar-refractivity contribution in [2.45, 2.75) is 18.9 Å². The highest BCUT2D eigenvalue weighted by Gasteiger charge is 2.35. The SMILES string of the molecule is O=C(CN1CCN(C2CC2)c2cc(F)ccc21)N1CCN(c2ccc(Cl)cc2[N+](=O)[O-])CC1. The number of nitrogens with zero attached hydrogens (tertiary/aromatic N) is 5. The minimum atomic E-state index is -0.430. The van der Waals surface area contributed by atoms with Crippen molar-refractivity contribution in [2.24, 2.45) is 0 Å². The molecular weight excluding hydrogens is 449 g/mol. The van der Waals surface area contributed by atoms with E-state index in [1.165, 1.54) is 12.1 Å². The van der Waals surface area contributed by atoms with Gasteiger partial charge >= 0.3 is 0 Å². The maximum absolute atomic E-state index is 13.9. The average molecular weight is 474 g/mol. The molecule has 10 heteroatoms. The van der Waals surface area contributed by atoms with Crippen molar-refractivity contribution >= 4 is 40.3 Å². The molecule has 1 saturated carbocycles. The molecule has 2 heterocycles. The summed E-state index contributed by atoms with van der Waals surface area (Å²) < 4.78 is 13.9. The van der Waals surface area contributed by atoms with E-state index in [4.69, 9.17) is 11.6 Å². The van der Waals surface area contributed by atoms with Crippen molar-refractivity contribution in [2.75, 3.05) is 60.5 Å². The van der Waals surface area contributed by atoms with E-state index in [9.17, 15) is 19.3 Å². The van der Waals surface area contributed by atoms with Crippen LogP contribution in [-0.2, 0) is 4.79 Å². The van der Waals surface area contributed by atoms with Gasteiger partial charge < -0.3 is 19.6 Å². The second kappa shape index (κ2) is 8.70. The molecule has 0 radical (unpaired) electrons. The summed E-state index contributed by atoms with van der Waals surface area (Å²) in [5.74, 6) is -0.254. The van der Waals surface area contributed by atoms with E-state index in [0.717, 1.165) is 37.3 Å². The van der Waals surface area contributed by atoms with Gasteiger partial charge in [-0.2, -0.15) is 0 Å². The quantitative estimate of drug-likeness (QED) is 0.488. The zero-order chi connectivity index (χ0) is 23.1. The summed E-state index contributed by atoms with van der Waals surface area (Å²) in [6.07, 6.45) is 2.26. The standard InChI is InChI=1S/C23H25ClFN5O3/c24-16-1-5-20(22(13-16)30(32)33)26-7-9-27(10-8-26)23(31)15-28-11-12-29(18-3-4-18)21-14-17(25)2-6-19(21)28/h1-2,5-6,13-14,18H,3-4,7-12,15H2. The third kappa shape index (κ3) is 4.42. The lowest BCUT2D eigenvalue weighted by molar-refractivity contribution is -0.384. The highest BCUT2D eigenvalue weighted by atomic mass is 35.5. The third-order valence-electron chi connectivity index (χ3n) is 6.62. The molecule has 33 heavy (non-hydrogen) atoms. The van der Waals surface area contributed by atoms with E-state index in [-0.39, 0.29) is 24.0 Å². The smallest absolute Gasteiger partial charge is 0.294 e. The molecule has 2 aromatic carbocycles. The van der Waals surface area contributed by atoms with Crippen LogP contribution in [-0.4, -0.2) is 67.6 Å². The Morgan fingerprint density at radius 2 is 1.73 bits per heavy atom. The summed E-state index contributed by atoms with van der Waals surface area (Å²) in [6.45, 7) is 3.71. The van der Waals surface area contributed by atoms with Crippen molar-refractivity contribution in [1.29, 1.82) is 0 Å². The number of amides is 1. The number of benzene rings is 2. The van der Waals surface area contributed by atoms with Gasteiger partial charge in [0.15, 0.2) is 0 Å². The summed E-state index contributed by atoms with van der Waals surface area (Å²) >= 11 is 5.93. The lowest BCUT2D eigenvalue weighted by Crippen LogP contribution is -2.53. The number of fused-ring (bicyclic) bond motifs is 1. The molecule has 0 N–H and O–H groups in total. The summed E-state index contributed by atoms with van der Waals surface area (Å²) in [5, 5.41) is 11.7. The molecule has 1 saturated heterocycles. The molecule has 1 aliphatic carbocycles. The van der Waals surface area contributed by atoms with Crippen LogP contribution in [0.15, 0.2) is 36.4 Å². The Kier molecular flexibility index (Phi) is 5.74. The summed E-state index contributed by atoms with van der Waals surface area (Å²) in [4.78, 5) is 32.1. The predicted octanol–water partition coefficient (Wildman–Crippen LogP) is 3.52. The molecule has 0 atom stereocenters. The fraction of sp³-hybridized carbons (Fsp3) is 0.435. The predicted molar refractivity (Wildman–Crippen MR) is 126 cm³/mol. The number of carbonyl (C=O) groups excluding carboxylic acids is 1. The molecule has 3 aliphatic rings. The van der Waals surface area contributed by atoms with E-state index in [1.54, 1.807) is 29.2 Å². The Hall–Kier alpha value is -3.07. The number of hydrogen-bond donors (Lipinski definition) is 0. The van der Waals surface area contributed by atoms with E-state index in [0.29, 0.717) is 42.9 Å². The van der Waals surface area contributed by atoms with Gasteiger partial charge in [-0.25, -0.2) is 4.39 Å². The van der Waals surface area contributed by atoms with E-state index >= 15 is 0 Å². The van der Waals surface area contributed by atoms with Crippen LogP contribution in [0, 0.1) is 15.9 Å². The molecule has 5 rings (SSSR count). The van der Waals surface area contributed by atoms with Crippen molar-refractivity contribution in [3.05, 3.63) is 57.4 Å². The van der Waals surface area contributed by atoms with Gasteiger partial charge in [0.25, 0.3) is 5.69 Å². The number of nitro groups is 1. The molecule has 8 nitrogen and oxygen atoms in total. The number of rotatable bonds is 5. The van der Waals surface area contributed by atoms with E-state index in [1.807, 2.05) is 9.80 Å². The number of anilines is 3. The van der Waals surface area contributed by atoms with E-state index < -0.39 is 4.92 Å². The van der Waals surface area contributed by atoms with Crippen molar-refractivity contribution in [3.8, 4) is 0 Å². The number of hydrogen-bond acceptors (Lipinski definition) is 6. The van der Waals surface area contributed by atoms with Gasteiger partial charge in [0, 0.05) is 56.4 Å². The third-order valence-corrected chi connectivity index (χ3v) is 6.85. The number of halogens is 2. The monoisotopic (exact) mass is 473 g/mol. The van der Waals surface area contributed by atoms with Gasteiger partial charge in [0.1, 0.15) is 11.5 Å². The van der Waals surface area contributed by atoms with Gasteiger partial charge in [0.05, 0.1) is 22.8 Å². The highest BCUT2D eigenvalue weighted by Crippen LogP contribution is 2.40. The van der Waals surface area contributed by atoms with Crippen LogP contribution in [0.3, 0.4) is 0 Å². The zero-order valence-corrected chi connectivity index (χ0v) is 18.9. The molecule has 0 unspecified atom stereocenters. The molecule has 2 aromatic rings. The second-order valence-corrected chi connectivity index (χ2v) is 9.17.